The van der Waals surface area contributed by atoms with Gasteiger partial charge in [0.05, 0.1) is 19.0 Å². The molecule has 11 heteroatoms. The number of nitrogens with zero attached hydrogens (tertiary/aromatic N) is 5. The molecule has 3 aromatic rings. The number of Topliss-reactive ketones (excluding diaryl/α,β-unsaturated/α-hetero) is 1. The number of imidazole rings is 1. The van der Waals surface area contributed by atoms with Gasteiger partial charge in [-0.25, -0.2) is 9.98 Å². The number of aromatic nitrogens is 4. The number of ether oxygens (including phenoxy) is 1. The van der Waals surface area contributed by atoms with E-state index in [0.29, 0.717) is 11.4 Å². The Kier molecular flexibility index (Phi) is 7.53. The largest absolute Gasteiger partial charge is 0.394 e. The van der Waals surface area contributed by atoms with E-state index >= 15 is 0 Å². The Balaban J connectivity index is 1.71. The van der Waals surface area contributed by atoms with Gasteiger partial charge in [-0.15, -0.1) is 0 Å². The van der Waals surface area contributed by atoms with Crippen LogP contribution in [0.2, 0.25) is 0 Å². The zero-order valence-corrected chi connectivity index (χ0v) is 20.2. The molecular weight excluding hydrogens is 464 g/mol. The normalized spacial score (nSPS) is 20.4. The fourth-order valence-corrected chi connectivity index (χ4v) is 3.80. The molecule has 0 radical (unpaired) electrons. The summed E-state index contributed by atoms with van der Waals surface area (Å²) in [6, 6.07) is 7.22. The molecule has 0 spiro atoms. The number of H-pyrrole nitrogens is 1. The van der Waals surface area contributed by atoms with Gasteiger partial charge in [-0.1, -0.05) is 42.5 Å². The van der Waals surface area contributed by atoms with Crippen molar-refractivity contribution in [2.24, 2.45) is 4.99 Å². The average molecular weight is 493 g/mol. The summed E-state index contributed by atoms with van der Waals surface area (Å²) >= 11 is 0. The minimum absolute atomic E-state index is 0.00572. The molecule has 0 unspecified atom stereocenters. The summed E-state index contributed by atoms with van der Waals surface area (Å²) in [5.74, 6) is 0.499. The highest BCUT2D eigenvalue weighted by atomic mass is 16.5. The molecule has 3 heterocycles. The molecular formula is C25H28N6O5. The molecule has 0 saturated carbocycles. The van der Waals surface area contributed by atoms with Crippen LogP contribution >= 0.6 is 0 Å². The van der Waals surface area contributed by atoms with Crippen molar-refractivity contribution in [3.8, 4) is 0 Å². The second-order valence-electron chi connectivity index (χ2n) is 8.62. The van der Waals surface area contributed by atoms with Crippen LogP contribution in [0.25, 0.3) is 23.3 Å². The fourth-order valence-electron chi connectivity index (χ4n) is 3.80. The minimum atomic E-state index is -0.875. The van der Waals surface area contributed by atoms with Gasteiger partial charge in [-0.2, -0.15) is 4.98 Å². The van der Waals surface area contributed by atoms with Gasteiger partial charge in [-0.3, -0.25) is 19.1 Å². The molecule has 3 atom stereocenters. The van der Waals surface area contributed by atoms with Crippen molar-refractivity contribution in [1.82, 2.24) is 24.4 Å². The van der Waals surface area contributed by atoms with Crippen molar-refractivity contribution in [2.75, 3.05) is 20.7 Å². The van der Waals surface area contributed by atoms with Crippen molar-refractivity contribution in [2.45, 2.75) is 31.8 Å². The van der Waals surface area contributed by atoms with Crippen molar-refractivity contribution < 1.29 is 19.7 Å². The van der Waals surface area contributed by atoms with E-state index in [1.165, 1.54) is 13.3 Å². The molecule has 0 aliphatic carbocycles. The Bertz CT molecular complexity index is 1390. The maximum atomic E-state index is 12.7. The summed E-state index contributed by atoms with van der Waals surface area (Å²) in [6.07, 6.45) is 6.51. The van der Waals surface area contributed by atoms with Crippen molar-refractivity contribution in [3.63, 3.8) is 0 Å². The third-order valence-electron chi connectivity index (χ3n) is 5.61. The van der Waals surface area contributed by atoms with Gasteiger partial charge in [0.15, 0.2) is 16.9 Å². The van der Waals surface area contributed by atoms with Gasteiger partial charge in [0.2, 0.25) is 5.95 Å². The standard InChI is InChI=1S/C25H28N6O5/c1-15(33)17-10-8-16(9-11-17)6-4-5-7-20-27-22-23(28-25(29-24(22)35)26-14-30(2)3)31(20)21-12-18(34)19(13-32)36-21/h4-11,14,18-19,21,32,34H,12-13H2,1-3H3,(H,28,29,35)/b6-4+,7-5+,26-14+/t18-,19+,21+/m0/s1. The van der Waals surface area contributed by atoms with Crippen LogP contribution in [-0.4, -0.2) is 79.7 Å². The molecule has 1 saturated heterocycles. The molecule has 1 fully saturated rings. The van der Waals surface area contributed by atoms with Crippen LogP contribution in [0.15, 0.2) is 46.2 Å². The van der Waals surface area contributed by atoms with Gasteiger partial charge in [0.25, 0.3) is 5.56 Å². The zero-order valence-electron chi connectivity index (χ0n) is 20.2. The molecule has 188 valence electrons. The Morgan fingerprint density at radius 2 is 1.97 bits per heavy atom. The number of hydrogen-bond donors (Lipinski definition) is 3. The second-order valence-corrected chi connectivity index (χ2v) is 8.62. The van der Waals surface area contributed by atoms with Gasteiger partial charge in [0.1, 0.15) is 18.2 Å². The zero-order chi connectivity index (χ0) is 25.8. The fraction of sp³-hybridized carbons (Fsp3) is 0.320. The number of aliphatic imine (C=N–C) groups is 1. The topological polar surface area (TPSA) is 146 Å². The number of carbonyl (C=O) groups is 1. The summed E-state index contributed by atoms with van der Waals surface area (Å²) < 4.78 is 7.47. The van der Waals surface area contributed by atoms with Crippen LogP contribution in [0.3, 0.4) is 0 Å². The molecule has 36 heavy (non-hydrogen) atoms. The molecule has 0 bridgehead atoms. The third-order valence-corrected chi connectivity index (χ3v) is 5.61. The van der Waals surface area contributed by atoms with Crippen LogP contribution in [0, 0.1) is 0 Å². The van der Waals surface area contributed by atoms with Crippen LogP contribution in [0.4, 0.5) is 5.95 Å². The summed E-state index contributed by atoms with van der Waals surface area (Å²) in [5, 5.41) is 19.8. The molecule has 1 aromatic carbocycles. The monoisotopic (exact) mass is 492 g/mol. The number of allylic oxidation sites excluding steroid dienone is 2. The number of fused-ring (bicyclic) bond motifs is 1. The van der Waals surface area contributed by atoms with Gasteiger partial charge < -0.3 is 19.8 Å². The lowest BCUT2D eigenvalue weighted by Gasteiger charge is -2.15. The number of hydrogen-bond acceptors (Lipinski definition) is 8. The van der Waals surface area contributed by atoms with E-state index in [1.54, 1.807) is 53.9 Å². The van der Waals surface area contributed by atoms with Crippen LogP contribution < -0.4 is 5.56 Å². The lowest BCUT2D eigenvalue weighted by Crippen LogP contribution is -2.24. The smallest absolute Gasteiger partial charge is 0.280 e. The van der Waals surface area contributed by atoms with E-state index in [0.717, 1.165) is 5.56 Å². The van der Waals surface area contributed by atoms with Crippen molar-refractivity contribution >= 4 is 41.4 Å². The molecule has 1 aliphatic heterocycles. The van der Waals surface area contributed by atoms with E-state index < -0.39 is 24.0 Å². The SMILES string of the molecule is CC(=O)c1ccc(/C=C/C=C/c2nc3c(=O)[nH]c(/N=C/N(C)C)nc3n2[C@H]2C[C@H](O)[C@@H](CO)O2)cc1. The first-order valence-corrected chi connectivity index (χ1v) is 11.4. The molecule has 2 aromatic heterocycles. The predicted molar refractivity (Wildman–Crippen MR) is 136 cm³/mol. The van der Waals surface area contributed by atoms with Crippen LogP contribution in [0.5, 0.6) is 0 Å². The van der Waals surface area contributed by atoms with Crippen molar-refractivity contribution in [1.29, 1.82) is 0 Å². The number of aromatic amines is 1. The molecule has 4 rings (SSSR count). The highest BCUT2D eigenvalue weighted by molar-refractivity contribution is 5.94. The van der Waals surface area contributed by atoms with Gasteiger partial charge >= 0.3 is 0 Å². The summed E-state index contributed by atoms with van der Waals surface area (Å²) in [5.41, 5.74) is 1.45. The minimum Gasteiger partial charge on any atom is -0.394 e. The first-order valence-electron chi connectivity index (χ1n) is 11.4. The Morgan fingerprint density at radius 1 is 1.25 bits per heavy atom. The number of ketones is 1. The number of carbonyl (C=O) groups excluding carboxylic acids is 1. The highest BCUT2D eigenvalue weighted by Gasteiger charge is 2.36. The van der Waals surface area contributed by atoms with E-state index in [2.05, 4.69) is 19.9 Å². The number of benzene rings is 1. The molecule has 1 aliphatic rings. The molecule has 11 nitrogen and oxygen atoms in total. The first kappa shape index (κ1) is 25.2. The lowest BCUT2D eigenvalue weighted by molar-refractivity contribution is -0.0434. The maximum Gasteiger partial charge on any atom is 0.280 e. The quantitative estimate of drug-likeness (QED) is 0.187. The Morgan fingerprint density at radius 3 is 2.61 bits per heavy atom. The second kappa shape index (κ2) is 10.8. The van der Waals surface area contributed by atoms with Gasteiger partial charge in [-0.05, 0) is 18.6 Å². The number of rotatable bonds is 8. The highest BCUT2D eigenvalue weighted by Crippen LogP contribution is 2.32. The van der Waals surface area contributed by atoms with Crippen molar-refractivity contribution in [3.05, 3.63) is 63.7 Å². The van der Waals surface area contributed by atoms with Gasteiger partial charge in [0, 0.05) is 26.1 Å². The Hall–Kier alpha value is -3.93. The van der Waals surface area contributed by atoms with E-state index in [9.17, 15) is 19.8 Å². The lowest BCUT2D eigenvalue weighted by atomic mass is 10.1. The Labute approximate surface area is 207 Å². The van der Waals surface area contributed by atoms with E-state index in [4.69, 9.17) is 4.74 Å². The predicted octanol–water partition coefficient (Wildman–Crippen LogP) is 1.91. The number of nitrogens with one attached hydrogen (secondary N) is 1. The average Bonchev–Trinajstić information content (AvgIpc) is 3.40. The number of aliphatic hydroxyl groups excluding tert-OH is 2. The van der Waals surface area contributed by atoms with Crippen LogP contribution in [-0.2, 0) is 4.74 Å². The molecule has 3 N–H and O–H groups in total. The number of aliphatic hydroxyl groups is 2. The van der Waals surface area contributed by atoms with E-state index in [-0.39, 0.29) is 35.9 Å². The first-order chi connectivity index (χ1) is 17.3. The maximum absolute atomic E-state index is 12.7. The third kappa shape index (κ3) is 5.48. The van der Waals surface area contributed by atoms with E-state index in [1.807, 2.05) is 18.2 Å². The summed E-state index contributed by atoms with van der Waals surface area (Å²) in [6.45, 7) is 1.18. The molecule has 0 amide bonds. The summed E-state index contributed by atoms with van der Waals surface area (Å²) in [7, 11) is 3.59. The summed E-state index contributed by atoms with van der Waals surface area (Å²) in [4.78, 5) is 41.6. The van der Waals surface area contributed by atoms with Crippen LogP contribution in [0.1, 0.15) is 41.3 Å².